The zero-order valence-corrected chi connectivity index (χ0v) is 13.2. The molecule has 0 radical (unpaired) electrons. The average molecular weight is 306 g/mol. The maximum absolute atomic E-state index is 10.9. The summed E-state index contributed by atoms with van der Waals surface area (Å²) in [6.07, 6.45) is 1.30. The van der Waals surface area contributed by atoms with E-state index in [2.05, 4.69) is 5.11 Å². The second kappa shape index (κ2) is 8.92. The van der Waals surface area contributed by atoms with E-state index in [1.54, 1.807) is 6.07 Å². The van der Waals surface area contributed by atoms with Gasteiger partial charge in [-0.3, -0.25) is 9.59 Å². The van der Waals surface area contributed by atoms with Crippen molar-refractivity contribution in [3.8, 4) is 0 Å². The summed E-state index contributed by atoms with van der Waals surface area (Å²) in [6, 6.07) is 5.68. The van der Waals surface area contributed by atoms with Crippen LogP contribution in [0.25, 0.3) is 0 Å². The molecule has 0 saturated carbocycles. The Kier molecular flexibility index (Phi) is 7.22. The minimum Gasteiger partial charge on any atom is -0.466 e. The summed E-state index contributed by atoms with van der Waals surface area (Å²) >= 11 is 0. The van der Waals surface area contributed by atoms with Crippen LogP contribution in [0.2, 0.25) is 0 Å². The molecule has 1 aromatic rings. The van der Waals surface area contributed by atoms with Gasteiger partial charge in [-0.15, -0.1) is 0 Å². The molecule has 0 aromatic heterocycles. The Balaban J connectivity index is 2.77. The van der Waals surface area contributed by atoms with Gasteiger partial charge in [0, 0.05) is 13.8 Å². The third-order valence-electron chi connectivity index (χ3n) is 3.36. The molecule has 0 atom stereocenters. The molecule has 0 aliphatic heterocycles. The fourth-order valence-electron chi connectivity index (χ4n) is 2.23. The lowest BCUT2D eigenvalue weighted by Gasteiger charge is -2.18. The van der Waals surface area contributed by atoms with Gasteiger partial charge >= 0.3 is 11.9 Å². The van der Waals surface area contributed by atoms with Gasteiger partial charge in [0.2, 0.25) is 0 Å². The number of hydrogen-bond donors (Lipinski definition) is 1. The zero-order chi connectivity index (χ0) is 16.5. The van der Waals surface area contributed by atoms with Gasteiger partial charge in [-0.25, -0.2) is 5.53 Å². The van der Waals surface area contributed by atoms with Crippen molar-refractivity contribution in [2.45, 2.75) is 39.5 Å². The van der Waals surface area contributed by atoms with Crippen molar-refractivity contribution in [3.63, 3.8) is 0 Å². The van der Waals surface area contributed by atoms with Crippen LogP contribution in [0.3, 0.4) is 0 Å². The summed E-state index contributed by atoms with van der Waals surface area (Å²) in [5.74, 6) is -0.506. The third-order valence-corrected chi connectivity index (χ3v) is 3.36. The fourth-order valence-corrected chi connectivity index (χ4v) is 2.23. The highest BCUT2D eigenvalue weighted by molar-refractivity contribution is 5.66. The van der Waals surface area contributed by atoms with Crippen LogP contribution >= 0.6 is 0 Å². The number of nitrogens with one attached hydrogen (secondary N) is 1. The van der Waals surface area contributed by atoms with Crippen LogP contribution in [-0.4, -0.2) is 25.2 Å². The molecule has 6 nitrogen and oxygen atoms in total. The standard InChI is InChI=1S/C16H22N2O4/c1-11-10-15(4-5-16(11)18-17)14(6-8-21-12(2)19)7-9-22-13(3)20/h4-5,10,14,17H,6-9H2,1-3H3. The van der Waals surface area contributed by atoms with E-state index in [0.717, 1.165) is 11.1 Å². The predicted octanol–water partition coefficient (Wildman–Crippen LogP) is 3.65. The lowest BCUT2D eigenvalue weighted by atomic mass is 9.91. The highest BCUT2D eigenvalue weighted by Gasteiger charge is 2.14. The highest BCUT2D eigenvalue weighted by atomic mass is 16.5. The molecular formula is C16H22N2O4. The first-order valence-electron chi connectivity index (χ1n) is 7.18. The molecule has 0 amide bonds. The van der Waals surface area contributed by atoms with Gasteiger partial charge in [-0.05, 0) is 42.9 Å². The predicted molar refractivity (Wildman–Crippen MR) is 81.2 cm³/mol. The van der Waals surface area contributed by atoms with Crippen LogP contribution in [0.5, 0.6) is 0 Å². The van der Waals surface area contributed by atoms with Crippen LogP contribution in [0.4, 0.5) is 5.69 Å². The summed E-state index contributed by atoms with van der Waals surface area (Å²) in [5.41, 5.74) is 9.69. The van der Waals surface area contributed by atoms with Crippen LogP contribution in [0, 0.1) is 12.5 Å². The van der Waals surface area contributed by atoms with Gasteiger partial charge in [0.25, 0.3) is 0 Å². The van der Waals surface area contributed by atoms with E-state index in [0.29, 0.717) is 31.7 Å². The van der Waals surface area contributed by atoms with Crippen molar-refractivity contribution in [1.82, 2.24) is 0 Å². The first kappa shape index (κ1) is 17.8. The fraction of sp³-hybridized carbons (Fsp3) is 0.500. The summed E-state index contributed by atoms with van der Waals surface area (Å²) in [5, 5.41) is 3.45. The molecule has 0 aliphatic carbocycles. The number of benzene rings is 1. The Morgan fingerprint density at radius 1 is 1.14 bits per heavy atom. The van der Waals surface area contributed by atoms with E-state index < -0.39 is 0 Å². The maximum Gasteiger partial charge on any atom is 0.302 e. The smallest absolute Gasteiger partial charge is 0.302 e. The van der Waals surface area contributed by atoms with Gasteiger partial charge in [0.15, 0.2) is 0 Å². The molecule has 120 valence electrons. The Bertz CT molecular complexity index is 523. The number of ether oxygens (including phenoxy) is 2. The molecule has 1 aromatic carbocycles. The average Bonchev–Trinajstić information content (AvgIpc) is 2.45. The molecule has 22 heavy (non-hydrogen) atoms. The van der Waals surface area contributed by atoms with Crippen molar-refractivity contribution >= 4 is 17.6 Å². The Hall–Kier alpha value is -2.24. The molecule has 1 N–H and O–H groups in total. The van der Waals surface area contributed by atoms with E-state index >= 15 is 0 Å². The lowest BCUT2D eigenvalue weighted by Crippen LogP contribution is -2.11. The maximum atomic E-state index is 10.9. The number of hydrogen-bond acceptors (Lipinski definition) is 6. The molecule has 0 heterocycles. The third kappa shape index (κ3) is 6.03. The zero-order valence-electron chi connectivity index (χ0n) is 13.2. The van der Waals surface area contributed by atoms with Gasteiger partial charge in [0.1, 0.15) is 0 Å². The number of aryl methyl sites for hydroxylation is 1. The van der Waals surface area contributed by atoms with E-state index in [1.165, 1.54) is 13.8 Å². The monoisotopic (exact) mass is 306 g/mol. The molecule has 0 spiro atoms. The Labute approximate surface area is 130 Å². The SMILES string of the molecule is CC(=O)OCCC(CCOC(C)=O)c1ccc(N=N)c(C)c1. The number of carbonyl (C=O) groups excluding carboxylic acids is 2. The Morgan fingerprint density at radius 3 is 2.09 bits per heavy atom. The number of nitrogens with zero attached hydrogens (tertiary/aromatic N) is 1. The van der Waals surface area contributed by atoms with Crippen molar-refractivity contribution < 1.29 is 19.1 Å². The molecule has 0 saturated heterocycles. The van der Waals surface area contributed by atoms with Crippen molar-refractivity contribution in [1.29, 1.82) is 5.53 Å². The first-order chi connectivity index (χ1) is 10.4. The van der Waals surface area contributed by atoms with Crippen LogP contribution in [0.15, 0.2) is 23.3 Å². The molecule has 6 heteroatoms. The van der Waals surface area contributed by atoms with Crippen molar-refractivity contribution in [3.05, 3.63) is 29.3 Å². The van der Waals surface area contributed by atoms with E-state index in [9.17, 15) is 9.59 Å². The van der Waals surface area contributed by atoms with Crippen LogP contribution in [0.1, 0.15) is 43.7 Å². The second-order valence-corrected chi connectivity index (χ2v) is 5.11. The van der Waals surface area contributed by atoms with E-state index in [1.807, 2.05) is 19.1 Å². The van der Waals surface area contributed by atoms with Crippen molar-refractivity contribution in [2.75, 3.05) is 13.2 Å². The molecular weight excluding hydrogens is 284 g/mol. The second-order valence-electron chi connectivity index (χ2n) is 5.11. The molecule has 0 bridgehead atoms. The van der Waals surface area contributed by atoms with Gasteiger partial charge in [-0.1, -0.05) is 12.1 Å². The minimum absolute atomic E-state index is 0.109. The topological polar surface area (TPSA) is 88.8 Å². The normalized spacial score (nSPS) is 10.4. The minimum atomic E-state index is -0.307. The molecule has 1 rings (SSSR count). The summed E-state index contributed by atoms with van der Waals surface area (Å²) in [4.78, 5) is 21.8. The Morgan fingerprint density at radius 2 is 1.68 bits per heavy atom. The van der Waals surface area contributed by atoms with Gasteiger partial charge < -0.3 is 9.47 Å². The molecule has 0 fully saturated rings. The quantitative estimate of drug-likeness (QED) is 0.586. The van der Waals surface area contributed by atoms with Gasteiger partial charge in [0.05, 0.1) is 18.9 Å². The van der Waals surface area contributed by atoms with E-state index in [-0.39, 0.29) is 17.9 Å². The lowest BCUT2D eigenvalue weighted by molar-refractivity contribution is -0.141. The van der Waals surface area contributed by atoms with Crippen LogP contribution < -0.4 is 0 Å². The van der Waals surface area contributed by atoms with E-state index in [4.69, 9.17) is 15.0 Å². The molecule has 0 aliphatic rings. The summed E-state index contributed by atoms with van der Waals surface area (Å²) in [7, 11) is 0. The molecule has 0 unspecified atom stereocenters. The van der Waals surface area contributed by atoms with Gasteiger partial charge in [-0.2, -0.15) is 5.11 Å². The van der Waals surface area contributed by atoms with Crippen molar-refractivity contribution in [2.24, 2.45) is 5.11 Å². The number of rotatable bonds is 8. The first-order valence-corrected chi connectivity index (χ1v) is 7.18. The summed E-state index contributed by atoms with van der Waals surface area (Å²) < 4.78 is 10.0. The highest BCUT2D eigenvalue weighted by Crippen LogP contribution is 2.28. The largest absolute Gasteiger partial charge is 0.466 e. The van der Waals surface area contributed by atoms with Crippen LogP contribution in [-0.2, 0) is 19.1 Å². The summed E-state index contributed by atoms with van der Waals surface area (Å²) in [6.45, 7) is 5.30. The number of esters is 2. The number of carbonyl (C=O) groups is 2.